The Morgan fingerprint density at radius 1 is 1.14 bits per heavy atom. The number of carbonyl (C=O) groups excluding carboxylic acids is 1. The number of benzene rings is 2. The van der Waals surface area contributed by atoms with Crippen LogP contribution in [-0.2, 0) is 27.8 Å². The lowest BCUT2D eigenvalue weighted by atomic mass is 10.0. The summed E-state index contributed by atoms with van der Waals surface area (Å²) in [5.41, 5.74) is 2.28. The Bertz CT molecular complexity index is 976. The summed E-state index contributed by atoms with van der Waals surface area (Å²) in [6.07, 6.45) is 6.01. The number of amides is 1. The van der Waals surface area contributed by atoms with Crippen molar-refractivity contribution >= 4 is 27.7 Å². The van der Waals surface area contributed by atoms with Crippen LogP contribution in [0.5, 0.6) is 0 Å². The zero-order valence-electron chi connectivity index (χ0n) is 16.1. The molecule has 8 heteroatoms. The van der Waals surface area contributed by atoms with Crippen LogP contribution in [0.2, 0.25) is 0 Å². The van der Waals surface area contributed by atoms with Crippen LogP contribution in [0.15, 0.2) is 48.5 Å². The van der Waals surface area contributed by atoms with Crippen molar-refractivity contribution in [2.45, 2.75) is 25.8 Å². The summed E-state index contributed by atoms with van der Waals surface area (Å²) in [5.74, 6) is -1.07. The molecular weight excluding hydrogens is 398 g/mol. The molecule has 0 aliphatic heterocycles. The Labute approximate surface area is 169 Å². The van der Waals surface area contributed by atoms with Gasteiger partial charge in [0.25, 0.3) is 0 Å². The molecule has 0 atom stereocenters. The molecule has 156 valence electrons. The monoisotopic (exact) mass is 422 g/mol. The lowest BCUT2D eigenvalue weighted by Gasteiger charge is -2.08. The van der Waals surface area contributed by atoms with Gasteiger partial charge in [-0.2, -0.15) is 0 Å². The van der Waals surface area contributed by atoms with E-state index in [0.29, 0.717) is 12.0 Å². The molecule has 2 aromatic rings. The summed E-state index contributed by atoms with van der Waals surface area (Å²) in [6, 6.07) is 11.6. The smallest absolute Gasteiger partial charge is 0.244 e. The zero-order chi connectivity index (χ0) is 21.3. The van der Waals surface area contributed by atoms with E-state index in [1.54, 1.807) is 6.08 Å². The summed E-state index contributed by atoms with van der Waals surface area (Å²) < 4.78 is 50.7. The third-order valence-electron chi connectivity index (χ3n) is 4.09. The third-order valence-corrected chi connectivity index (χ3v) is 4.69. The number of nitrogens with one attached hydrogen (secondary N) is 2. The van der Waals surface area contributed by atoms with Crippen LogP contribution in [0.25, 0.3) is 6.08 Å². The van der Waals surface area contributed by atoms with Gasteiger partial charge in [0.15, 0.2) is 0 Å². The lowest BCUT2D eigenvalue weighted by Crippen LogP contribution is -2.20. The molecule has 0 saturated heterocycles. The van der Waals surface area contributed by atoms with Crippen LogP contribution >= 0.6 is 0 Å². The molecule has 0 unspecified atom stereocenters. The average Bonchev–Trinajstić information content (AvgIpc) is 2.67. The molecule has 0 heterocycles. The van der Waals surface area contributed by atoms with E-state index < -0.39 is 15.8 Å². The van der Waals surface area contributed by atoms with Crippen LogP contribution in [0, 0.1) is 5.82 Å². The molecule has 29 heavy (non-hydrogen) atoms. The Kier molecular flexibility index (Phi) is 8.33. The van der Waals surface area contributed by atoms with E-state index >= 15 is 0 Å². The van der Waals surface area contributed by atoms with Crippen LogP contribution in [-0.4, -0.2) is 27.3 Å². The number of sulfonamides is 1. The van der Waals surface area contributed by atoms with Crippen molar-refractivity contribution in [3.63, 3.8) is 0 Å². The van der Waals surface area contributed by atoms with E-state index in [9.17, 15) is 22.0 Å². The van der Waals surface area contributed by atoms with Gasteiger partial charge in [0.05, 0.1) is 18.6 Å². The Balaban J connectivity index is 1.94. The molecular formula is C21H24F2N2O3S. The van der Waals surface area contributed by atoms with Gasteiger partial charge in [-0.3, -0.25) is 13.9 Å². The maximum Gasteiger partial charge on any atom is 0.244 e. The maximum atomic E-state index is 14.0. The number of rotatable bonds is 10. The number of halogens is 2. The fraction of sp³-hybridized carbons (Fsp3) is 0.286. The Morgan fingerprint density at radius 2 is 1.90 bits per heavy atom. The van der Waals surface area contributed by atoms with Gasteiger partial charge in [-0.15, -0.1) is 0 Å². The molecule has 2 rings (SSSR count). The van der Waals surface area contributed by atoms with E-state index in [0.717, 1.165) is 36.3 Å². The molecule has 0 saturated carbocycles. The highest BCUT2D eigenvalue weighted by atomic mass is 32.2. The van der Waals surface area contributed by atoms with Gasteiger partial charge in [0.2, 0.25) is 15.9 Å². The van der Waals surface area contributed by atoms with Crippen molar-refractivity contribution in [2.75, 3.05) is 17.7 Å². The summed E-state index contributed by atoms with van der Waals surface area (Å²) in [4.78, 5) is 12.1. The predicted octanol–water partition coefficient (Wildman–Crippen LogP) is 3.82. The molecule has 1 amide bonds. The summed E-state index contributed by atoms with van der Waals surface area (Å²) in [6.45, 7) is -0.246. The quantitative estimate of drug-likeness (QED) is 0.452. The molecule has 2 N–H and O–H groups in total. The first-order valence-corrected chi connectivity index (χ1v) is 11.0. The highest BCUT2D eigenvalue weighted by Gasteiger charge is 2.08. The molecule has 0 aliphatic carbocycles. The minimum Gasteiger partial charge on any atom is -0.348 e. The number of hydrogen-bond acceptors (Lipinski definition) is 3. The number of aryl methyl sites for hydroxylation is 1. The number of alkyl halides is 1. The average molecular weight is 422 g/mol. The van der Waals surface area contributed by atoms with Crippen molar-refractivity contribution in [2.24, 2.45) is 0 Å². The minimum absolute atomic E-state index is 0.0946. The van der Waals surface area contributed by atoms with Gasteiger partial charge in [0.1, 0.15) is 5.82 Å². The van der Waals surface area contributed by atoms with Crippen LogP contribution < -0.4 is 10.0 Å². The van der Waals surface area contributed by atoms with Crippen molar-refractivity contribution < 1.29 is 22.0 Å². The van der Waals surface area contributed by atoms with Crippen molar-refractivity contribution in [3.05, 3.63) is 71.0 Å². The topological polar surface area (TPSA) is 75.3 Å². The first kappa shape index (κ1) is 22.5. The Morgan fingerprint density at radius 3 is 2.59 bits per heavy atom. The van der Waals surface area contributed by atoms with Crippen LogP contribution in [0.3, 0.4) is 0 Å². The van der Waals surface area contributed by atoms with Crippen molar-refractivity contribution in [1.82, 2.24) is 5.32 Å². The fourth-order valence-corrected chi connectivity index (χ4v) is 3.26. The van der Waals surface area contributed by atoms with Gasteiger partial charge in [-0.1, -0.05) is 30.3 Å². The number of unbranched alkanes of at least 4 members (excludes halogenated alkanes) is 1. The van der Waals surface area contributed by atoms with Crippen molar-refractivity contribution in [3.8, 4) is 0 Å². The molecule has 2 aromatic carbocycles. The lowest BCUT2D eigenvalue weighted by molar-refractivity contribution is -0.116. The van der Waals surface area contributed by atoms with Gasteiger partial charge in [-0.05, 0) is 54.2 Å². The largest absolute Gasteiger partial charge is 0.348 e. The highest BCUT2D eigenvalue weighted by molar-refractivity contribution is 7.92. The van der Waals surface area contributed by atoms with Gasteiger partial charge < -0.3 is 5.32 Å². The molecule has 0 bridgehead atoms. The number of carbonyl (C=O) groups is 1. The first-order valence-electron chi connectivity index (χ1n) is 9.14. The summed E-state index contributed by atoms with van der Waals surface area (Å²) >= 11 is 0. The molecule has 0 fully saturated rings. The number of hydrogen-bond donors (Lipinski definition) is 2. The maximum absolute atomic E-state index is 14.0. The second-order valence-electron chi connectivity index (χ2n) is 6.58. The zero-order valence-corrected chi connectivity index (χ0v) is 16.9. The Hall–Kier alpha value is -2.74. The second kappa shape index (κ2) is 10.7. The van der Waals surface area contributed by atoms with E-state index in [-0.39, 0.29) is 24.8 Å². The first-order chi connectivity index (χ1) is 13.8. The van der Waals surface area contributed by atoms with E-state index in [4.69, 9.17) is 0 Å². The molecule has 0 aliphatic rings. The second-order valence-corrected chi connectivity index (χ2v) is 8.33. The fourth-order valence-electron chi connectivity index (χ4n) is 2.70. The van der Waals surface area contributed by atoms with E-state index in [1.807, 2.05) is 24.3 Å². The summed E-state index contributed by atoms with van der Waals surface area (Å²) in [7, 11) is -3.57. The minimum atomic E-state index is -3.57. The normalized spacial score (nSPS) is 11.6. The van der Waals surface area contributed by atoms with Gasteiger partial charge in [0, 0.05) is 12.6 Å². The SMILES string of the molecule is CS(=O)(=O)Nc1ccc(CNC(=O)C=Cc2ccccc2CCCCF)cc1F. The third kappa shape index (κ3) is 8.03. The van der Waals surface area contributed by atoms with Crippen LogP contribution in [0.4, 0.5) is 14.5 Å². The van der Waals surface area contributed by atoms with Gasteiger partial charge in [-0.25, -0.2) is 12.8 Å². The van der Waals surface area contributed by atoms with Crippen molar-refractivity contribution in [1.29, 1.82) is 0 Å². The van der Waals surface area contributed by atoms with E-state index in [1.165, 1.54) is 18.2 Å². The molecule has 5 nitrogen and oxygen atoms in total. The van der Waals surface area contributed by atoms with E-state index in [2.05, 4.69) is 10.0 Å². The number of anilines is 1. The molecule has 0 spiro atoms. The predicted molar refractivity (Wildman–Crippen MR) is 111 cm³/mol. The van der Waals surface area contributed by atoms with Crippen LogP contribution in [0.1, 0.15) is 29.5 Å². The standard InChI is InChI=1S/C21H24F2N2O3S/c1-29(27,28)25-20-11-9-16(14-19(20)23)15-24-21(26)12-10-18-7-3-2-6-17(18)8-4-5-13-22/h2-3,6-7,9-12,14,25H,4-5,8,13,15H2,1H3,(H,24,26). The van der Waals surface area contributed by atoms with Gasteiger partial charge >= 0.3 is 0 Å². The molecule has 0 radical (unpaired) electrons. The summed E-state index contributed by atoms with van der Waals surface area (Å²) in [5, 5.41) is 2.66. The highest BCUT2D eigenvalue weighted by Crippen LogP contribution is 2.17. The molecule has 0 aromatic heterocycles.